The van der Waals surface area contributed by atoms with Crippen LogP contribution < -0.4 is 11.1 Å². The van der Waals surface area contributed by atoms with Gasteiger partial charge in [0.05, 0.1) is 0 Å². The summed E-state index contributed by atoms with van der Waals surface area (Å²) in [4.78, 5) is 8.09. The second-order valence-electron chi connectivity index (χ2n) is 3.70. The summed E-state index contributed by atoms with van der Waals surface area (Å²) in [7, 11) is 0. The third-order valence-electron chi connectivity index (χ3n) is 2.39. The van der Waals surface area contributed by atoms with E-state index in [0.717, 1.165) is 15.9 Å². The van der Waals surface area contributed by atoms with Crippen LogP contribution in [0.5, 0.6) is 0 Å². The molecule has 0 unspecified atom stereocenters. The zero-order valence-electron chi connectivity index (χ0n) is 9.44. The van der Waals surface area contributed by atoms with E-state index in [9.17, 15) is 0 Å². The predicted molar refractivity (Wildman–Crippen MR) is 72.7 cm³/mol. The van der Waals surface area contributed by atoms with Gasteiger partial charge < -0.3 is 11.1 Å². The molecule has 0 radical (unpaired) electrons. The van der Waals surface area contributed by atoms with Crippen LogP contribution in [0.15, 0.2) is 34.9 Å². The number of aromatic nitrogens is 2. The van der Waals surface area contributed by atoms with Crippen LogP contribution >= 0.6 is 15.9 Å². The summed E-state index contributed by atoms with van der Waals surface area (Å²) >= 11 is 3.51. The van der Waals surface area contributed by atoms with E-state index in [2.05, 4.69) is 37.3 Å². The lowest BCUT2D eigenvalue weighted by Crippen LogP contribution is -2.06. The fourth-order valence-corrected chi connectivity index (χ4v) is 1.88. The summed E-state index contributed by atoms with van der Waals surface area (Å²) < 4.78 is 1.08. The summed E-state index contributed by atoms with van der Waals surface area (Å²) in [5.74, 6) is 1.05. The topological polar surface area (TPSA) is 63.8 Å². The van der Waals surface area contributed by atoms with Gasteiger partial charge in [0.25, 0.3) is 0 Å². The van der Waals surface area contributed by atoms with Crippen LogP contribution in [-0.4, -0.2) is 9.97 Å². The predicted octanol–water partition coefficient (Wildman–Crippen LogP) is 2.74. The standard InChI is InChI=1S/C12H13BrN4/c1-8-6-16-12(14)17-11(8)15-7-9-4-2-3-5-10(9)13/h2-6H,7H2,1H3,(H3,14,15,16,17). The first kappa shape index (κ1) is 11.9. The fraction of sp³-hybridized carbons (Fsp3) is 0.167. The van der Waals surface area contributed by atoms with E-state index in [0.29, 0.717) is 6.54 Å². The number of rotatable bonds is 3. The fourth-order valence-electron chi connectivity index (χ4n) is 1.46. The number of nitrogens with one attached hydrogen (secondary N) is 1. The summed E-state index contributed by atoms with van der Waals surface area (Å²) in [5, 5.41) is 3.25. The zero-order valence-corrected chi connectivity index (χ0v) is 11.0. The van der Waals surface area contributed by atoms with Crippen LogP contribution in [-0.2, 0) is 6.54 Å². The van der Waals surface area contributed by atoms with Crippen molar-refractivity contribution in [1.82, 2.24) is 9.97 Å². The van der Waals surface area contributed by atoms with Gasteiger partial charge in [-0.1, -0.05) is 34.1 Å². The Hall–Kier alpha value is -1.62. The van der Waals surface area contributed by atoms with Crippen molar-refractivity contribution in [2.45, 2.75) is 13.5 Å². The van der Waals surface area contributed by atoms with Crippen molar-refractivity contribution < 1.29 is 0 Å². The summed E-state index contributed by atoms with van der Waals surface area (Å²) in [6.45, 7) is 2.64. The molecule has 17 heavy (non-hydrogen) atoms. The van der Waals surface area contributed by atoms with Crippen LogP contribution in [0.25, 0.3) is 0 Å². The number of aryl methyl sites for hydroxylation is 1. The number of anilines is 2. The van der Waals surface area contributed by atoms with Gasteiger partial charge in [0.2, 0.25) is 5.95 Å². The number of nitrogens with two attached hydrogens (primary N) is 1. The minimum Gasteiger partial charge on any atom is -0.368 e. The average molecular weight is 293 g/mol. The molecule has 1 aromatic carbocycles. The quantitative estimate of drug-likeness (QED) is 0.913. The molecule has 1 aromatic heterocycles. The van der Waals surface area contributed by atoms with E-state index >= 15 is 0 Å². The Morgan fingerprint density at radius 2 is 2.12 bits per heavy atom. The molecule has 0 aliphatic rings. The molecule has 0 fully saturated rings. The molecule has 0 atom stereocenters. The highest BCUT2D eigenvalue weighted by Gasteiger charge is 2.03. The number of halogens is 1. The molecule has 0 saturated heterocycles. The molecule has 1 heterocycles. The Morgan fingerprint density at radius 3 is 2.88 bits per heavy atom. The van der Waals surface area contributed by atoms with E-state index in [-0.39, 0.29) is 5.95 Å². The molecule has 3 N–H and O–H groups in total. The van der Waals surface area contributed by atoms with E-state index in [1.807, 2.05) is 25.1 Å². The number of nitrogen functional groups attached to an aromatic ring is 1. The monoisotopic (exact) mass is 292 g/mol. The van der Waals surface area contributed by atoms with E-state index in [1.165, 1.54) is 5.56 Å². The molecule has 88 valence electrons. The van der Waals surface area contributed by atoms with Crippen molar-refractivity contribution in [1.29, 1.82) is 0 Å². The van der Waals surface area contributed by atoms with Gasteiger partial charge in [-0.25, -0.2) is 4.98 Å². The third kappa shape index (κ3) is 2.94. The maximum atomic E-state index is 5.55. The summed E-state index contributed by atoms with van der Waals surface area (Å²) in [6, 6.07) is 8.06. The van der Waals surface area contributed by atoms with E-state index in [1.54, 1.807) is 6.20 Å². The lowest BCUT2D eigenvalue weighted by molar-refractivity contribution is 1.06. The normalized spacial score (nSPS) is 10.2. The van der Waals surface area contributed by atoms with Crippen molar-refractivity contribution in [3.63, 3.8) is 0 Å². The molecule has 0 aliphatic carbocycles. The largest absolute Gasteiger partial charge is 0.368 e. The highest BCUT2D eigenvalue weighted by molar-refractivity contribution is 9.10. The van der Waals surface area contributed by atoms with Crippen LogP contribution in [0.3, 0.4) is 0 Å². The Bertz CT molecular complexity index is 528. The molecule has 0 bridgehead atoms. The molecule has 4 nitrogen and oxygen atoms in total. The number of hydrogen-bond acceptors (Lipinski definition) is 4. The second-order valence-corrected chi connectivity index (χ2v) is 4.56. The third-order valence-corrected chi connectivity index (χ3v) is 3.17. The van der Waals surface area contributed by atoms with Gasteiger partial charge in [-0.3, -0.25) is 0 Å². The smallest absolute Gasteiger partial charge is 0.221 e. The minimum absolute atomic E-state index is 0.283. The van der Waals surface area contributed by atoms with Crippen LogP contribution in [0, 0.1) is 6.92 Å². The van der Waals surface area contributed by atoms with Crippen molar-refractivity contribution in [3.05, 3.63) is 46.1 Å². The Balaban J connectivity index is 2.12. The van der Waals surface area contributed by atoms with Crippen molar-refractivity contribution in [3.8, 4) is 0 Å². The van der Waals surface area contributed by atoms with Crippen molar-refractivity contribution >= 4 is 27.7 Å². The van der Waals surface area contributed by atoms with Gasteiger partial charge in [0.1, 0.15) is 5.82 Å². The lowest BCUT2D eigenvalue weighted by atomic mass is 10.2. The van der Waals surface area contributed by atoms with Crippen molar-refractivity contribution in [2.24, 2.45) is 0 Å². The van der Waals surface area contributed by atoms with E-state index < -0.39 is 0 Å². The van der Waals surface area contributed by atoms with Crippen LogP contribution in [0.1, 0.15) is 11.1 Å². The van der Waals surface area contributed by atoms with Gasteiger partial charge in [-0.15, -0.1) is 0 Å². The number of benzene rings is 1. The molecule has 5 heteroatoms. The lowest BCUT2D eigenvalue weighted by Gasteiger charge is -2.09. The summed E-state index contributed by atoms with van der Waals surface area (Å²) in [6.07, 6.45) is 1.71. The van der Waals surface area contributed by atoms with E-state index in [4.69, 9.17) is 5.73 Å². The molecular formula is C12H13BrN4. The van der Waals surface area contributed by atoms with Gasteiger partial charge >= 0.3 is 0 Å². The molecule has 0 saturated carbocycles. The zero-order chi connectivity index (χ0) is 12.3. The molecule has 2 aromatic rings. The number of hydrogen-bond donors (Lipinski definition) is 2. The first-order valence-electron chi connectivity index (χ1n) is 5.23. The Kier molecular flexibility index (Phi) is 3.58. The molecule has 0 amide bonds. The molecule has 2 rings (SSSR count). The highest BCUT2D eigenvalue weighted by Crippen LogP contribution is 2.18. The van der Waals surface area contributed by atoms with Gasteiger partial charge in [0.15, 0.2) is 0 Å². The highest BCUT2D eigenvalue weighted by atomic mass is 79.9. The molecular weight excluding hydrogens is 280 g/mol. The first-order valence-corrected chi connectivity index (χ1v) is 6.02. The minimum atomic E-state index is 0.283. The maximum Gasteiger partial charge on any atom is 0.221 e. The SMILES string of the molecule is Cc1cnc(N)nc1NCc1ccccc1Br. The first-order chi connectivity index (χ1) is 8.16. The number of nitrogens with zero attached hydrogens (tertiary/aromatic N) is 2. The summed E-state index contributed by atoms with van der Waals surface area (Å²) in [5.41, 5.74) is 7.70. The second kappa shape index (κ2) is 5.14. The Morgan fingerprint density at radius 1 is 1.35 bits per heavy atom. The molecule has 0 aliphatic heterocycles. The van der Waals surface area contributed by atoms with Gasteiger partial charge in [-0.05, 0) is 18.6 Å². The Labute approximate surface area is 108 Å². The van der Waals surface area contributed by atoms with Crippen LogP contribution in [0.2, 0.25) is 0 Å². The van der Waals surface area contributed by atoms with Gasteiger partial charge in [-0.2, -0.15) is 4.98 Å². The van der Waals surface area contributed by atoms with Gasteiger partial charge in [0, 0.05) is 22.8 Å². The van der Waals surface area contributed by atoms with Crippen molar-refractivity contribution in [2.75, 3.05) is 11.1 Å². The molecule has 0 spiro atoms. The van der Waals surface area contributed by atoms with Crippen LogP contribution in [0.4, 0.5) is 11.8 Å². The average Bonchev–Trinajstić information content (AvgIpc) is 2.32. The maximum absolute atomic E-state index is 5.55.